The van der Waals surface area contributed by atoms with Gasteiger partial charge in [0.25, 0.3) is 5.91 Å². The molecule has 2 atom stereocenters. The van der Waals surface area contributed by atoms with Crippen molar-refractivity contribution in [3.8, 4) is 0 Å². The highest BCUT2D eigenvalue weighted by molar-refractivity contribution is 5.94. The molecule has 1 amide bonds. The van der Waals surface area contributed by atoms with Gasteiger partial charge in [0, 0.05) is 31.3 Å². The van der Waals surface area contributed by atoms with Crippen LogP contribution in [0.4, 0.5) is 11.6 Å². The van der Waals surface area contributed by atoms with E-state index in [1.54, 1.807) is 36.5 Å². The number of aromatic nitrogens is 2. The summed E-state index contributed by atoms with van der Waals surface area (Å²) in [5, 5.41) is 14.5. The topological polar surface area (TPSA) is 102 Å². The van der Waals surface area contributed by atoms with Gasteiger partial charge in [-0.15, -0.1) is 0 Å². The summed E-state index contributed by atoms with van der Waals surface area (Å²) in [4.78, 5) is 29.9. The highest BCUT2D eigenvalue weighted by Gasteiger charge is 2.26. The van der Waals surface area contributed by atoms with Crippen molar-refractivity contribution >= 4 is 23.2 Å². The number of anilines is 1. The minimum Gasteiger partial charge on any atom is -0.372 e. The van der Waals surface area contributed by atoms with Crippen LogP contribution in [0.15, 0.2) is 48.7 Å². The molecule has 1 fully saturated rings. The van der Waals surface area contributed by atoms with Crippen molar-refractivity contribution in [1.29, 1.82) is 0 Å². The molecule has 0 saturated carbocycles. The first kappa shape index (κ1) is 19.8. The first-order valence-electron chi connectivity index (χ1n) is 9.81. The number of carbonyl (C=O) groups excluding carboxylic acids is 1. The number of nitrogens with one attached hydrogen (secondary N) is 1. The number of hydrogen-bond acceptors (Lipinski definition) is 6. The molecular formula is C21H23N5O4. The van der Waals surface area contributed by atoms with E-state index in [0.717, 1.165) is 5.56 Å². The molecule has 0 aliphatic carbocycles. The number of nitro groups is 1. The van der Waals surface area contributed by atoms with E-state index in [9.17, 15) is 14.9 Å². The molecule has 30 heavy (non-hydrogen) atoms. The molecule has 3 heterocycles. The Morgan fingerprint density at radius 3 is 2.57 bits per heavy atom. The Kier molecular flexibility index (Phi) is 5.37. The second-order valence-corrected chi connectivity index (χ2v) is 7.49. The normalized spacial score (nSPS) is 19.1. The monoisotopic (exact) mass is 409 g/mol. The summed E-state index contributed by atoms with van der Waals surface area (Å²) in [7, 11) is 0. The molecule has 1 saturated heterocycles. The Balaban J connectivity index is 1.46. The zero-order valence-corrected chi connectivity index (χ0v) is 16.8. The van der Waals surface area contributed by atoms with E-state index in [-0.39, 0.29) is 29.8 Å². The predicted molar refractivity (Wildman–Crippen MR) is 112 cm³/mol. The van der Waals surface area contributed by atoms with Gasteiger partial charge in [-0.05, 0) is 42.5 Å². The standard InChI is InChI=1S/C21H23N5O4/c1-14-12-24(13-15(2)30-14)21(27)17-8-6-16(7-9-17)11-22-19-20(26(28)29)25-10-4-3-5-18(25)23-19/h3-10,14-15,22H,11-13H2,1-2H3. The van der Waals surface area contributed by atoms with Gasteiger partial charge in [-0.2, -0.15) is 9.38 Å². The summed E-state index contributed by atoms with van der Waals surface area (Å²) < 4.78 is 7.12. The number of benzene rings is 1. The average molecular weight is 409 g/mol. The number of hydrogen-bond donors (Lipinski definition) is 1. The number of carbonyl (C=O) groups is 1. The fraction of sp³-hybridized carbons (Fsp3) is 0.333. The molecule has 1 N–H and O–H groups in total. The minimum absolute atomic E-state index is 0.0161. The molecular weight excluding hydrogens is 386 g/mol. The van der Waals surface area contributed by atoms with Crippen LogP contribution in [-0.2, 0) is 11.3 Å². The van der Waals surface area contributed by atoms with Crippen LogP contribution in [0, 0.1) is 10.1 Å². The van der Waals surface area contributed by atoms with Gasteiger partial charge in [-0.3, -0.25) is 4.79 Å². The third-order valence-electron chi connectivity index (χ3n) is 5.05. The SMILES string of the molecule is CC1CN(C(=O)c2ccc(CNc3nc4ccccn4c3[N+](=O)[O-])cc2)CC(C)O1. The number of morpholine rings is 1. The summed E-state index contributed by atoms with van der Waals surface area (Å²) >= 11 is 0. The molecule has 1 aromatic carbocycles. The third-order valence-corrected chi connectivity index (χ3v) is 5.05. The first-order chi connectivity index (χ1) is 14.4. The van der Waals surface area contributed by atoms with Crippen LogP contribution in [0.3, 0.4) is 0 Å². The zero-order valence-electron chi connectivity index (χ0n) is 16.8. The molecule has 156 valence electrons. The first-order valence-corrected chi connectivity index (χ1v) is 9.81. The maximum absolute atomic E-state index is 12.8. The molecule has 0 spiro atoms. The molecule has 9 nitrogen and oxygen atoms in total. The van der Waals surface area contributed by atoms with Gasteiger partial charge in [0.1, 0.15) is 0 Å². The lowest BCUT2D eigenvalue weighted by Gasteiger charge is -2.35. The van der Waals surface area contributed by atoms with E-state index in [1.165, 1.54) is 4.40 Å². The lowest BCUT2D eigenvalue weighted by Crippen LogP contribution is -2.48. The van der Waals surface area contributed by atoms with Gasteiger partial charge >= 0.3 is 5.82 Å². The zero-order chi connectivity index (χ0) is 21.3. The van der Waals surface area contributed by atoms with Crippen molar-refractivity contribution in [2.24, 2.45) is 0 Å². The van der Waals surface area contributed by atoms with Crippen molar-refractivity contribution in [2.75, 3.05) is 18.4 Å². The quantitative estimate of drug-likeness (QED) is 0.513. The van der Waals surface area contributed by atoms with Crippen LogP contribution in [0.1, 0.15) is 29.8 Å². The summed E-state index contributed by atoms with van der Waals surface area (Å²) in [5.41, 5.74) is 2.00. The number of imidazole rings is 1. The fourth-order valence-electron chi connectivity index (χ4n) is 3.75. The molecule has 3 aromatic rings. The van der Waals surface area contributed by atoms with Gasteiger partial charge in [0.05, 0.1) is 18.4 Å². The van der Waals surface area contributed by atoms with Crippen LogP contribution in [0.5, 0.6) is 0 Å². The predicted octanol–water partition coefficient (Wildman–Crippen LogP) is 3.10. The van der Waals surface area contributed by atoms with Gasteiger partial charge in [0.2, 0.25) is 11.5 Å². The van der Waals surface area contributed by atoms with Crippen LogP contribution >= 0.6 is 0 Å². The fourth-order valence-corrected chi connectivity index (χ4v) is 3.75. The Morgan fingerprint density at radius 2 is 1.90 bits per heavy atom. The smallest absolute Gasteiger partial charge is 0.372 e. The maximum Gasteiger partial charge on any atom is 0.372 e. The van der Waals surface area contributed by atoms with E-state index in [4.69, 9.17) is 4.74 Å². The van der Waals surface area contributed by atoms with Gasteiger partial charge < -0.3 is 25.1 Å². The van der Waals surface area contributed by atoms with Crippen LogP contribution in [-0.4, -0.2) is 50.4 Å². The van der Waals surface area contributed by atoms with E-state index in [2.05, 4.69) is 10.3 Å². The molecule has 2 aromatic heterocycles. The summed E-state index contributed by atoms with van der Waals surface area (Å²) in [6.45, 7) is 5.42. The summed E-state index contributed by atoms with van der Waals surface area (Å²) in [5.74, 6) is 0.0862. The Hall–Kier alpha value is -3.46. The van der Waals surface area contributed by atoms with Gasteiger partial charge in [-0.1, -0.05) is 18.2 Å². The van der Waals surface area contributed by atoms with Gasteiger partial charge in [-0.25, -0.2) is 0 Å². The molecule has 9 heteroatoms. The number of fused-ring (bicyclic) bond motifs is 1. The Morgan fingerprint density at radius 1 is 1.20 bits per heavy atom. The Bertz CT molecular complexity index is 1070. The van der Waals surface area contributed by atoms with Crippen molar-refractivity contribution in [3.05, 3.63) is 69.9 Å². The number of rotatable bonds is 5. The molecule has 4 rings (SSSR count). The number of ether oxygens (including phenoxy) is 1. The second-order valence-electron chi connectivity index (χ2n) is 7.49. The van der Waals surface area contributed by atoms with Crippen molar-refractivity contribution in [1.82, 2.24) is 14.3 Å². The minimum atomic E-state index is -0.450. The highest BCUT2D eigenvalue weighted by atomic mass is 16.6. The van der Waals surface area contributed by atoms with Crippen LogP contribution < -0.4 is 5.32 Å². The molecule has 0 radical (unpaired) electrons. The van der Waals surface area contributed by atoms with Crippen LogP contribution in [0.25, 0.3) is 5.65 Å². The van der Waals surface area contributed by atoms with E-state index in [0.29, 0.717) is 30.8 Å². The summed E-state index contributed by atoms with van der Waals surface area (Å²) in [6, 6.07) is 12.5. The van der Waals surface area contributed by atoms with Crippen molar-refractivity contribution in [3.63, 3.8) is 0 Å². The number of pyridine rings is 1. The van der Waals surface area contributed by atoms with Gasteiger partial charge in [0.15, 0.2) is 0 Å². The highest BCUT2D eigenvalue weighted by Crippen LogP contribution is 2.25. The Labute approximate surface area is 173 Å². The number of amides is 1. The van der Waals surface area contributed by atoms with Crippen LogP contribution in [0.2, 0.25) is 0 Å². The number of nitrogens with zero attached hydrogens (tertiary/aromatic N) is 4. The van der Waals surface area contributed by atoms with Crippen molar-refractivity contribution in [2.45, 2.75) is 32.6 Å². The van der Waals surface area contributed by atoms with E-state index >= 15 is 0 Å². The molecule has 1 aliphatic heterocycles. The average Bonchev–Trinajstić information content (AvgIpc) is 3.10. The molecule has 0 bridgehead atoms. The van der Waals surface area contributed by atoms with Crippen molar-refractivity contribution < 1.29 is 14.5 Å². The third kappa shape index (κ3) is 3.97. The summed E-state index contributed by atoms with van der Waals surface area (Å²) in [6.07, 6.45) is 1.64. The largest absolute Gasteiger partial charge is 0.372 e. The van der Waals surface area contributed by atoms with E-state index < -0.39 is 4.92 Å². The second kappa shape index (κ2) is 8.11. The maximum atomic E-state index is 12.8. The molecule has 2 unspecified atom stereocenters. The molecule has 1 aliphatic rings. The lowest BCUT2D eigenvalue weighted by molar-refractivity contribution is -0.389. The lowest BCUT2D eigenvalue weighted by atomic mass is 10.1. The van der Waals surface area contributed by atoms with E-state index in [1.807, 2.05) is 30.9 Å².